The van der Waals surface area contributed by atoms with Gasteiger partial charge in [-0.3, -0.25) is 14.8 Å². The number of primary amides is 1. The van der Waals surface area contributed by atoms with Crippen molar-refractivity contribution in [3.05, 3.63) is 65.2 Å². The highest BCUT2D eigenvalue weighted by molar-refractivity contribution is 5.98. The van der Waals surface area contributed by atoms with E-state index in [9.17, 15) is 28.3 Å². The number of nitrogens with one attached hydrogen (secondary N) is 3. The Balaban J connectivity index is 2.06. The summed E-state index contributed by atoms with van der Waals surface area (Å²) in [7, 11) is 0. The number of hydrogen-bond acceptors (Lipinski definition) is 5. The number of hydroxylamine groups is 1. The second-order valence-electron chi connectivity index (χ2n) is 7.05. The van der Waals surface area contributed by atoms with Crippen LogP contribution < -0.4 is 21.8 Å². The van der Waals surface area contributed by atoms with Gasteiger partial charge in [0.1, 0.15) is 6.04 Å². The van der Waals surface area contributed by atoms with Crippen molar-refractivity contribution in [2.24, 2.45) is 5.73 Å². The second-order valence-corrected chi connectivity index (χ2v) is 7.05. The summed E-state index contributed by atoms with van der Waals surface area (Å²) < 4.78 is 26.2. The SMILES string of the molecule is CC(O)(C(F)F)C(NC(=O)c1ccc(C#CC#Cc2ccc(NC(N)=O)cc2)cc1)C(=O)NO. The number of amides is 4. The van der Waals surface area contributed by atoms with E-state index in [1.807, 2.05) is 5.32 Å². The van der Waals surface area contributed by atoms with E-state index in [0.29, 0.717) is 23.7 Å². The van der Waals surface area contributed by atoms with Crippen LogP contribution in [0.4, 0.5) is 19.3 Å². The van der Waals surface area contributed by atoms with Crippen LogP contribution in [0.15, 0.2) is 48.5 Å². The van der Waals surface area contributed by atoms with Gasteiger partial charge in [0.25, 0.3) is 18.2 Å². The minimum Gasteiger partial charge on any atom is -0.381 e. The van der Waals surface area contributed by atoms with Crippen LogP contribution >= 0.6 is 0 Å². The van der Waals surface area contributed by atoms with Crippen LogP contribution in [0.3, 0.4) is 0 Å². The van der Waals surface area contributed by atoms with E-state index in [4.69, 9.17) is 10.9 Å². The van der Waals surface area contributed by atoms with Gasteiger partial charge in [0.2, 0.25) is 0 Å². The molecule has 7 N–H and O–H groups in total. The van der Waals surface area contributed by atoms with Crippen LogP contribution in [0, 0.1) is 23.7 Å². The highest BCUT2D eigenvalue weighted by Crippen LogP contribution is 2.20. The van der Waals surface area contributed by atoms with E-state index < -0.39 is 35.9 Å². The summed E-state index contributed by atoms with van der Waals surface area (Å²) in [5.74, 6) is 8.52. The van der Waals surface area contributed by atoms with Gasteiger partial charge in [-0.15, -0.1) is 0 Å². The van der Waals surface area contributed by atoms with Crippen molar-refractivity contribution in [1.29, 1.82) is 0 Å². The maximum absolute atomic E-state index is 13.1. The van der Waals surface area contributed by atoms with Crippen LogP contribution in [0.25, 0.3) is 0 Å². The minimum atomic E-state index is -3.38. The lowest BCUT2D eigenvalue weighted by atomic mass is 9.95. The molecule has 0 spiro atoms. The van der Waals surface area contributed by atoms with Crippen LogP contribution in [-0.2, 0) is 4.79 Å². The number of carbonyl (C=O) groups is 3. The molecule has 9 nitrogen and oxygen atoms in total. The molecule has 176 valence electrons. The molecule has 11 heteroatoms. The minimum absolute atomic E-state index is 0.00194. The quantitative estimate of drug-likeness (QED) is 0.213. The summed E-state index contributed by atoms with van der Waals surface area (Å²) in [5, 5.41) is 23.0. The summed E-state index contributed by atoms with van der Waals surface area (Å²) >= 11 is 0. The number of benzene rings is 2. The van der Waals surface area contributed by atoms with Crippen molar-refractivity contribution in [3.63, 3.8) is 0 Å². The maximum atomic E-state index is 13.1. The molecule has 2 rings (SSSR count). The molecule has 0 fully saturated rings. The van der Waals surface area contributed by atoms with E-state index in [-0.39, 0.29) is 5.56 Å². The zero-order valence-corrected chi connectivity index (χ0v) is 17.7. The molecule has 0 aliphatic carbocycles. The number of alkyl halides is 2. The number of anilines is 1. The van der Waals surface area contributed by atoms with Gasteiger partial charge in [0.05, 0.1) is 0 Å². The average molecular weight is 470 g/mol. The van der Waals surface area contributed by atoms with Crippen molar-refractivity contribution in [2.75, 3.05) is 5.32 Å². The Morgan fingerprint density at radius 1 is 0.971 bits per heavy atom. The number of hydrogen-bond donors (Lipinski definition) is 6. The van der Waals surface area contributed by atoms with Crippen LogP contribution in [0.1, 0.15) is 28.4 Å². The number of nitrogens with two attached hydrogens (primary N) is 1. The number of carbonyl (C=O) groups excluding carboxylic acids is 3. The molecule has 0 saturated carbocycles. The smallest absolute Gasteiger partial charge is 0.316 e. The largest absolute Gasteiger partial charge is 0.381 e. The highest BCUT2D eigenvalue weighted by atomic mass is 19.3. The molecule has 0 heterocycles. The Labute approximate surface area is 193 Å². The normalized spacial score (nSPS) is 12.6. The molecular weight excluding hydrogens is 450 g/mol. The van der Waals surface area contributed by atoms with Gasteiger partial charge in [-0.25, -0.2) is 19.1 Å². The molecule has 4 amide bonds. The predicted octanol–water partition coefficient (Wildman–Crippen LogP) is 1.20. The Kier molecular flexibility index (Phi) is 8.67. The summed E-state index contributed by atoms with van der Waals surface area (Å²) in [6, 6.07) is 9.42. The van der Waals surface area contributed by atoms with Gasteiger partial charge in [0, 0.05) is 22.4 Å². The topological polar surface area (TPSA) is 154 Å². The molecule has 2 aromatic carbocycles. The predicted molar refractivity (Wildman–Crippen MR) is 118 cm³/mol. The monoisotopic (exact) mass is 470 g/mol. The van der Waals surface area contributed by atoms with Crippen molar-refractivity contribution in [1.82, 2.24) is 10.8 Å². The van der Waals surface area contributed by atoms with Crippen molar-refractivity contribution >= 4 is 23.5 Å². The highest BCUT2D eigenvalue weighted by Gasteiger charge is 2.46. The van der Waals surface area contributed by atoms with Crippen molar-refractivity contribution in [3.8, 4) is 23.7 Å². The lowest BCUT2D eigenvalue weighted by molar-refractivity contribution is -0.149. The fourth-order valence-electron chi connectivity index (χ4n) is 2.57. The molecule has 0 bridgehead atoms. The number of aliphatic hydroxyl groups is 1. The summed E-state index contributed by atoms with van der Waals surface area (Å²) in [6.07, 6.45) is -3.38. The number of rotatable bonds is 6. The molecule has 34 heavy (non-hydrogen) atoms. The van der Waals surface area contributed by atoms with Crippen molar-refractivity contribution in [2.45, 2.75) is 25.0 Å². The first-order valence-corrected chi connectivity index (χ1v) is 9.58. The van der Waals surface area contributed by atoms with Crippen LogP contribution in [0.5, 0.6) is 0 Å². The summed E-state index contributed by atoms with van der Waals surface area (Å²) in [5.41, 5.74) is 4.92. The third-order valence-corrected chi connectivity index (χ3v) is 4.45. The van der Waals surface area contributed by atoms with Gasteiger partial charge >= 0.3 is 6.03 Å². The second kappa shape index (κ2) is 11.4. The fraction of sp³-hybridized carbons (Fsp3) is 0.174. The summed E-state index contributed by atoms with van der Waals surface area (Å²) in [6.45, 7) is 0.657. The molecule has 2 atom stereocenters. The Bertz CT molecular complexity index is 1170. The van der Waals surface area contributed by atoms with Crippen LogP contribution in [0.2, 0.25) is 0 Å². The van der Waals surface area contributed by atoms with Gasteiger partial charge in [-0.1, -0.05) is 11.8 Å². The van der Waals surface area contributed by atoms with E-state index in [0.717, 1.165) is 5.48 Å². The lowest BCUT2D eigenvalue weighted by Crippen LogP contribution is -2.61. The number of halogens is 2. The zero-order chi connectivity index (χ0) is 25.3. The third kappa shape index (κ3) is 7.03. The van der Waals surface area contributed by atoms with E-state index in [1.54, 1.807) is 24.3 Å². The van der Waals surface area contributed by atoms with Gasteiger partial charge < -0.3 is 21.5 Å². The zero-order valence-electron chi connectivity index (χ0n) is 17.7. The Morgan fingerprint density at radius 3 is 1.91 bits per heavy atom. The third-order valence-electron chi connectivity index (χ3n) is 4.45. The maximum Gasteiger partial charge on any atom is 0.316 e. The van der Waals surface area contributed by atoms with Gasteiger partial charge in [-0.2, -0.15) is 0 Å². The molecular formula is C23H20F2N4O5. The molecule has 0 radical (unpaired) electrons. The fourth-order valence-corrected chi connectivity index (χ4v) is 2.57. The molecule has 2 aromatic rings. The Hall–Kier alpha value is -4.45. The lowest BCUT2D eigenvalue weighted by Gasteiger charge is -2.30. The molecule has 2 unspecified atom stereocenters. The standard InChI is InChI=1S/C23H20F2N4O5/c1-23(33,21(24)25)18(20(31)29-34)28-19(30)16-10-6-14(7-11-16)4-2-3-5-15-8-12-17(13-9-15)27-22(26)32/h6-13,18,21,33-34H,1H3,(H,28,30)(H,29,31)(H3,26,27,32). The van der Waals surface area contributed by atoms with Crippen LogP contribution in [-0.4, -0.2) is 46.2 Å². The molecule has 0 aromatic heterocycles. The molecule has 0 aliphatic rings. The van der Waals surface area contributed by atoms with E-state index in [2.05, 4.69) is 29.0 Å². The number of urea groups is 1. The first-order chi connectivity index (χ1) is 16.0. The van der Waals surface area contributed by atoms with E-state index >= 15 is 0 Å². The molecule has 0 saturated heterocycles. The first-order valence-electron chi connectivity index (χ1n) is 9.58. The Morgan fingerprint density at radius 2 is 1.47 bits per heavy atom. The first kappa shape index (κ1) is 25.8. The van der Waals surface area contributed by atoms with Gasteiger partial charge in [0.15, 0.2) is 5.60 Å². The summed E-state index contributed by atoms with van der Waals surface area (Å²) in [4.78, 5) is 34.8. The molecule has 0 aliphatic heterocycles. The average Bonchev–Trinajstić information content (AvgIpc) is 2.80. The van der Waals surface area contributed by atoms with Crippen molar-refractivity contribution < 1.29 is 33.5 Å². The van der Waals surface area contributed by atoms with Gasteiger partial charge in [-0.05, 0) is 67.3 Å². The van der Waals surface area contributed by atoms with E-state index in [1.165, 1.54) is 24.3 Å².